The smallest absolute Gasteiger partial charge is 0.193 e. The molecule has 0 bridgehead atoms. The van der Waals surface area contributed by atoms with Gasteiger partial charge in [0.15, 0.2) is 22.9 Å². The number of thiophene rings is 1. The van der Waals surface area contributed by atoms with Gasteiger partial charge < -0.3 is 8.85 Å². The van der Waals surface area contributed by atoms with E-state index < -0.39 is 16.6 Å². The first-order valence-electron chi connectivity index (χ1n) is 11.1. The molecule has 1 aromatic carbocycles. The third-order valence-electron chi connectivity index (χ3n) is 7.00. The maximum Gasteiger partial charge on any atom is 0.193 e. The van der Waals surface area contributed by atoms with Crippen LogP contribution in [0, 0.1) is 0 Å². The van der Waals surface area contributed by atoms with E-state index >= 15 is 0 Å². The average Bonchev–Trinajstić information content (AvgIpc) is 3.06. The SMILES string of the molecule is CC(C)(C)[Si](C)(C)OCc1sc(C=O)cc1C(O[Si](C)(C)C(C)(C)C)c1cccc(Cl)c1. The first-order chi connectivity index (χ1) is 14.5. The van der Waals surface area contributed by atoms with Crippen LogP contribution < -0.4 is 0 Å². The molecule has 1 atom stereocenters. The van der Waals surface area contributed by atoms with Crippen LogP contribution in [0.15, 0.2) is 30.3 Å². The van der Waals surface area contributed by atoms with E-state index in [-0.39, 0.29) is 16.2 Å². The second-order valence-corrected chi connectivity index (χ2v) is 22.7. The number of halogens is 1. The summed E-state index contributed by atoms with van der Waals surface area (Å²) in [6.07, 6.45) is 0.628. The normalized spacial score (nSPS) is 14.5. The summed E-state index contributed by atoms with van der Waals surface area (Å²) in [5.74, 6) is 0. The number of aldehydes is 1. The minimum absolute atomic E-state index is 0.0468. The van der Waals surface area contributed by atoms with Crippen molar-refractivity contribution in [3.8, 4) is 0 Å². The first kappa shape index (κ1) is 27.5. The van der Waals surface area contributed by atoms with Gasteiger partial charge in [-0.25, -0.2) is 0 Å². The van der Waals surface area contributed by atoms with Gasteiger partial charge in [0.2, 0.25) is 0 Å². The van der Waals surface area contributed by atoms with E-state index in [1.165, 1.54) is 11.3 Å². The lowest BCUT2D eigenvalue weighted by molar-refractivity contribution is 0.112. The molecule has 0 N–H and O–H groups in total. The van der Waals surface area contributed by atoms with Crippen LogP contribution in [0.4, 0.5) is 0 Å². The van der Waals surface area contributed by atoms with Gasteiger partial charge in [-0.05, 0) is 60.0 Å². The molecule has 0 saturated carbocycles. The summed E-state index contributed by atoms with van der Waals surface area (Å²) in [4.78, 5) is 13.5. The van der Waals surface area contributed by atoms with E-state index in [9.17, 15) is 4.79 Å². The van der Waals surface area contributed by atoms with Gasteiger partial charge in [-0.1, -0.05) is 65.3 Å². The fraction of sp³-hybridized carbons (Fsp3) is 0.560. The van der Waals surface area contributed by atoms with Gasteiger partial charge in [-0.3, -0.25) is 4.79 Å². The second kappa shape index (κ2) is 9.84. The van der Waals surface area contributed by atoms with Crippen LogP contribution in [-0.2, 0) is 15.5 Å². The van der Waals surface area contributed by atoms with E-state index in [4.69, 9.17) is 20.5 Å². The Hall–Kier alpha value is -0.766. The highest BCUT2D eigenvalue weighted by atomic mass is 35.5. The van der Waals surface area contributed by atoms with Crippen molar-refractivity contribution in [3.63, 3.8) is 0 Å². The maximum absolute atomic E-state index is 11.7. The molecule has 0 fully saturated rings. The van der Waals surface area contributed by atoms with Gasteiger partial charge in [-0.15, -0.1) is 11.3 Å². The lowest BCUT2D eigenvalue weighted by Crippen LogP contribution is -2.42. The zero-order valence-electron chi connectivity index (χ0n) is 21.3. The lowest BCUT2D eigenvalue weighted by Gasteiger charge is -2.40. The molecule has 178 valence electrons. The largest absolute Gasteiger partial charge is 0.412 e. The maximum atomic E-state index is 11.7. The Morgan fingerprint density at radius 1 is 1.00 bits per heavy atom. The molecule has 0 aliphatic carbocycles. The Bertz CT molecular complexity index is 939. The fourth-order valence-corrected chi connectivity index (χ4v) is 6.14. The third-order valence-corrected chi connectivity index (χ3v) is 17.2. The van der Waals surface area contributed by atoms with Crippen LogP contribution >= 0.6 is 22.9 Å². The van der Waals surface area contributed by atoms with E-state index in [1.54, 1.807) is 0 Å². The molecule has 0 saturated heterocycles. The third kappa shape index (κ3) is 6.42. The van der Waals surface area contributed by atoms with Gasteiger partial charge in [-0.2, -0.15) is 0 Å². The Morgan fingerprint density at radius 2 is 1.59 bits per heavy atom. The van der Waals surface area contributed by atoms with Crippen molar-refractivity contribution in [2.75, 3.05) is 0 Å². The molecule has 0 radical (unpaired) electrons. The molecule has 32 heavy (non-hydrogen) atoms. The summed E-state index contributed by atoms with van der Waals surface area (Å²) >= 11 is 7.87. The zero-order chi connectivity index (χ0) is 24.5. The van der Waals surface area contributed by atoms with Crippen LogP contribution in [-0.4, -0.2) is 22.9 Å². The van der Waals surface area contributed by atoms with Gasteiger partial charge in [0.1, 0.15) is 0 Å². The first-order valence-corrected chi connectivity index (χ1v) is 18.1. The minimum atomic E-state index is -2.12. The quantitative estimate of drug-likeness (QED) is 0.262. The highest BCUT2D eigenvalue weighted by Crippen LogP contribution is 2.44. The van der Waals surface area contributed by atoms with Crippen LogP contribution in [0.25, 0.3) is 0 Å². The Morgan fingerprint density at radius 3 is 2.09 bits per heavy atom. The van der Waals surface area contributed by atoms with Gasteiger partial charge in [0.05, 0.1) is 17.6 Å². The standard InChI is InChI=1S/C25H39ClO3SSi2/c1-24(2,3)31(7,8)28-17-22-21(15-20(16-27)30-22)23(18-12-11-13-19(26)14-18)29-32(9,10)25(4,5)6/h11-16,23H,17H2,1-10H3. The predicted molar refractivity (Wildman–Crippen MR) is 143 cm³/mol. The summed E-state index contributed by atoms with van der Waals surface area (Å²) in [5, 5.41) is 0.837. The molecule has 7 heteroatoms. The van der Waals surface area contributed by atoms with Gasteiger partial charge >= 0.3 is 0 Å². The van der Waals surface area contributed by atoms with E-state index in [2.05, 4.69) is 73.8 Å². The number of carbonyl (C=O) groups excluding carboxylic acids is 1. The summed E-state index contributed by atoms with van der Waals surface area (Å²) in [5.41, 5.74) is 2.02. The number of benzene rings is 1. The topological polar surface area (TPSA) is 35.5 Å². The molecule has 0 aliphatic rings. The molecule has 2 rings (SSSR count). The van der Waals surface area contributed by atoms with Gasteiger partial charge in [0.25, 0.3) is 0 Å². The van der Waals surface area contributed by atoms with E-state index in [0.717, 1.165) is 22.3 Å². The molecule has 1 unspecified atom stereocenters. The number of hydrogen-bond donors (Lipinski definition) is 0. The molecule has 0 aliphatic heterocycles. The molecular formula is C25H39ClO3SSi2. The number of rotatable bonds is 8. The summed E-state index contributed by atoms with van der Waals surface area (Å²) in [6, 6.07) is 9.83. The molecule has 0 amide bonds. The monoisotopic (exact) mass is 510 g/mol. The van der Waals surface area contributed by atoms with Crippen molar-refractivity contribution in [1.82, 2.24) is 0 Å². The van der Waals surface area contributed by atoms with Crippen molar-refractivity contribution in [2.24, 2.45) is 0 Å². The Balaban J connectivity index is 2.56. The molecule has 1 heterocycles. The molecular weight excluding hydrogens is 472 g/mol. The fourth-order valence-electron chi connectivity index (χ4n) is 2.77. The number of hydrogen-bond acceptors (Lipinski definition) is 4. The summed E-state index contributed by atoms with van der Waals surface area (Å²) in [6.45, 7) is 22.9. The average molecular weight is 511 g/mol. The van der Waals surface area contributed by atoms with E-state index in [1.807, 2.05) is 24.3 Å². The Labute approximate surface area is 205 Å². The summed E-state index contributed by atoms with van der Waals surface area (Å²) < 4.78 is 13.5. The summed E-state index contributed by atoms with van der Waals surface area (Å²) in [7, 11) is -4.07. The van der Waals surface area contributed by atoms with Crippen molar-refractivity contribution < 1.29 is 13.6 Å². The van der Waals surface area contributed by atoms with Crippen molar-refractivity contribution in [1.29, 1.82) is 0 Å². The highest BCUT2D eigenvalue weighted by Gasteiger charge is 2.41. The second-order valence-electron chi connectivity index (χ2n) is 11.5. The lowest BCUT2D eigenvalue weighted by atomic mass is 10.0. The van der Waals surface area contributed by atoms with E-state index in [0.29, 0.717) is 16.5 Å². The van der Waals surface area contributed by atoms with Crippen LogP contribution in [0.1, 0.15) is 73.3 Å². The van der Waals surface area contributed by atoms with Crippen LogP contribution in [0.2, 0.25) is 41.3 Å². The zero-order valence-corrected chi connectivity index (χ0v) is 24.8. The van der Waals surface area contributed by atoms with Crippen molar-refractivity contribution >= 4 is 45.9 Å². The number of carbonyl (C=O) groups is 1. The Kier molecular flexibility index (Phi) is 8.45. The minimum Gasteiger partial charge on any atom is -0.412 e. The molecule has 0 spiro atoms. The molecule has 2 aromatic rings. The predicted octanol–water partition coefficient (Wildman–Crippen LogP) is 8.85. The van der Waals surface area contributed by atoms with Crippen LogP contribution in [0.5, 0.6) is 0 Å². The highest BCUT2D eigenvalue weighted by molar-refractivity contribution is 7.13. The molecule has 1 aromatic heterocycles. The molecule has 3 nitrogen and oxygen atoms in total. The van der Waals surface area contributed by atoms with Crippen LogP contribution in [0.3, 0.4) is 0 Å². The van der Waals surface area contributed by atoms with Crippen molar-refractivity contribution in [3.05, 3.63) is 56.2 Å². The van der Waals surface area contributed by atoms with Gasteiger partial charge in [0, 0.05) is 15.5 Å². The van der Waals surface area contributed by atoms with Crippen molar-refractivity contribution in [2.45, 2.75) is 90.5 Å².